The minimum absolute atomic E-state index is 0.577. The molecule has 0 heterocycles. The van der Waals surface area contributed by atoms with Crippen LogP contribution in [0.4, 0.5) is 0 Å². The first-order chi connectivity index (χ1) is 10.1. The molecule has 0 amide bonds. The average molecular weight is 284 g/mol. The molecule has 110 valence electrons. The summed E-state index contributed by atoms with van der Waals surface area (Å²) in [6.45, 7) is 1.93. The Kier molecular flexibility index (Phi) is 4.63. The summed E-state index contributed by atoms with van der Waals surface area (Å²) in [7, 11) is 3.26. The summed E-state index contributed by atoms with van der Waals surface area (Å²) < 4.78 is 10.6. The van der Waals surface area contributed by atoms with Crippen molar-refractivity contribution in [3.8, 4) is 11.5 Å². The lowest BCUT2D eigenvalue weighted by Crippen LogP contribution is -2.27. The molecule has 1 unspecified atom stereocenters. The minimum Gasteiger partial charge on any atom is -0.497 e. The maximum absolute atomic E-state index is 11.7. The number of methoxy groups -OCH3 is 2. The van der Waals surface area contributed by atoms with Crippen molar-refractivity contribution in [1.82, 2.24) is 0 Å². The summed E-state index contributed by atoms with van der Waals surface area (Å²) in [5.41, 5.74) is 1.32. The molecule has 0 saturated carbocycles. The number of benzene rings is 2. The number of carbonyl (C=O) groups excluding carboxylic acids is 1. The second kappa shape index (κ2) is 6.44. The molecule has 2 rings (SSSR count). The van der Waals surface area contributed by atoms with Crippen molar-refractivity contribution in [3.05, 3.63) is 59.7 Å². The molecule has 3 nitrogen and oxygen atoms in total. The Bertz CT molecular complexity index is 621. The summed E-state index contributed by atoms with van der Waals surface area (Å²) in [6, 6.07) is 15.4. The van der Waals surface area contributed by atoms with Gasteiger partial charge in [0.2, 0.25) is 0 Å². The van der Waals surface area contributed by atoms with Crippen LogP contribution in [0.1, 0.15) is 18.1 Å². The van der Waals surface area contributed by atoms with Crippen molar-refractivity contribution >= 4 is 6.29 Å². The number of para-hydroxylation sites is 1. The molecule has 0 radical (unpaired) electrons. The highest BCUT2D eigenvalue weighted by atomic mass is 16.5. The number of aldehydes is 1. The minimum atomic E-state index is -0.622. The van der Waals surface area contributed by atoms with E-state index in [1.165, 1.54) is 0 Å². The zero-order valence-electron chi connectivity index (χ0n) is 12.6. The zero-order valence-corrected chi connectivity index (χ0v) is 12.6. The van der Waals surface area contributed by atoms with Crippen LogP contribution < -0.4 is 9.47 Å². The SMILES string of the molecule is COc1cccc(C(C)(C=O)Cc2ccccc2OC)c1. The molecule has 0 N–H and O–H groups in total. The van der Waals surface area contributed by atoms with E-state index in [-0.39, 0.29) is 0 Å². The van der Waals surface area contributed by atoms with Crippen molar-refractivity contribution in [3.63, 3.8) is 0 Å². The monoisotopic (exact) mass is 284 g/mol. The fourth-order valence-corrected chi connectivity index (χ4v) is 2.43. The van der Waals surface area contributed by atoms with Gasteiger partial charge in [-0.3, -0.25) is 0 Å². The van der Waals surface area contributed by atoms with E-state index in [9.17, 15) is 4.79 Å². The van der Waals surface area contributed by atoms with Crippen LogP contribution in [0.2, 0.25) is 0 Å². The molecule has 3 heteroatoms. The third-order valence-electron chi connectivity index (χ3n) is 3.74. The van der Waals surface area contributed by atoms with Crippen LogP contribution in [0, 0.1) is 0 Å². The highest BCUT2D eigenvalue weighted by Gasteiger charge is 2.28. The van der Waals surface area contributed by atoms with Crippen LogP contribution in [-0.4, -0.2) is 20.5 Å². The third-order valence-corrected chi connectivity index (χ3v) is 3.74. The van der Waals surface area contributed by atoms with E-state index >= 15 is 0 Å². The third kappa shape index (κ3) is 3.24. The topological polar surface area (TPSA) is 35.5 Å². The van der Waals surface area contributed by atoms with E-state index in [0.29, 0.717) is 6.42 Å². The van der Waals surface area contributed by atoms with E-state index < -0.39 is 5.41 Å². The number of rotatable bonds is 6. The van der Waals surface area contributed by atoms with Crippen LogP contribution in [-0.2, 0) is 16.6 Å². The molecule has 0 aromatic heterocycles. The Morgan fingerprint density at radius 3 is 2.48 bits per heavy atom. The van der Waals surface area contributed by atoms with Gasteiger partial charge in [0.05, 0.1) is 19.6 Å². The first-order valence-electron chi connectivity index (χ1n) is 6.85. The lowest BCUT2D eigenvalue weighted by Gasteiger charge is -2.25. The smallest absolute Gasteiger partial charge is 0.130 e. The van der Waals surface area contributed by atoms with Crippen LogP contribution in [0.25, 0.3) is 0 Å². The predicted molar refractivity (Wildman–Crippen MR) is 83.1 cm³/mol. The molecule has 0 fully saturated rings. The largest absolute Gasteiger partial charge is 0.497 e. The molecule has 0 aliphatic carbocycles. The summed E-state index contributed by atoms with van der Waals surface area (Å²) in [4.78, 5) is 11.7. The Morgan fingerprint density at radius 2 is 1.81 bits per heavy atom. The first-order valence-corrected chi connectivity index (χ1v) is 6.85. The van der Waals surface area contributed by atoms with E-state index in [0.717, 1.165) is 28.9 Å². The molecule has 1 atom stereocenters. The average Bonchev–Trinajstić information content (AvgIpc) is 2.55. The Morgan fingerprint density at radius 1 is 1.05 bits per heavy atom. The Labute approximate surface area is 125 Å². The lowest BCUT2D eigenvalue weighted by molar-refractivity contribution is -0.112. The first kappa shape index (κ1) is 15.1. The van der Waals surface area contributed by atoms with Gasteiger partial charge in [0, 0.05) is 0 Å². The maximum atomic E-state index is 11.7. The molecule has 21 heavy (non-hydrogen) atoms. The van der Waals surface area contributed by atoms with Crippen LogP contribution in [0.15, 0.2) is 48.5 Å². The number of hydrogen-bond acceptors (Lipinski definition) is 3. The van der Waals surface area contributed by atoms with Gasteiger partial charge in [-0.05, 0) is 42.7 Å². The van der Waals surface area contributed by atoms with Gasteiger partial charge < -0.3 is 14.3 Å². The number of carbonyl (C=O) groups is 1. The maximum Gasteiger partial charge on any atom is 0.130 e. The number of ether oxygens (including phenoxy) is 2. The molecule has 0 aliphatic rings. The van der Waals surface area contributed by atoms with Crippen molar-refractivity contribution in [2.75, 3.05) is 14.2 Å². The molecular formula is C18H20O3. The standard InChI is InChI=1S/C18H20O3/c1-18(13-19,15-8-6-9-16(11-15)20-2)12-14-7-4-5-10-17(14)21-3/h4-11,13H,12H2,1-3H3. The molecule has 0 bridgehead atoms. The summed E-state index contributed by atoms with van der Waals surface area (Å²) in [6.07, 6.45) is 1.57. The van der Waals surface area contributed by atoms with E-state index in [1.807, 2.05) is 55.5 Å². The summed E-state index contributed by atoms with van der Waals surface area (Å²) in [5, 5.41) is 0. The van der Waals surface area contributed by atoms with E-state index in [2.05, 4.69) is 0 Å². The fraction of sp³-hybridized carbons (Fsp3) is 0.278. The van der Waals surface area contributed by atoms with Crippen molar-refractivity contribution < 1.29 is 14.3 Å². The molecule has 0 saturated heterocycles. The van der Waals surface area contributed by atoms with Gasteiger partial charge in [-0.1, -0.05) is 30.3 Å². The zero-order chi connectivity index (χ0) is 15.3. The van der Waals surface area contributed by atoms with Gasteiger partial charge in [-0.15, -0.1) is 0 Å². The van der Waals surface area contributed by atoms with Gasteiger partial charge >= 0.3 is 0 Å². The summed E-state index contributed by atoms with van der Waals surface area (Å²) in [5.74, 6) is 1.55. The van der Waals surface area contributed by atoms with Gasteiger partial charge in [-0.2, -0.15) is 0 Å². The van der Waals surface area contributed by atoms with E-state index in [1.54, 1.807) is 14.2 Å². The number of hydrogen-bond donors (Lipinski definition) is 0. The van der Waals surface area contributed by atoms with Gasteiger partial charge in [-0.25, -0.2) is 0 Å². The molecule has 2 aromatic rings. The van der Waals surface area contributed by atoms with Crippen LogP contribution in [0.3, 0.4) is 0 Å². The highest BCUT2D eigenvalue weighted by Crippen LogP contribution is 2.31. The van der Waals surface area contributed by atoms with Crippen molar-refractivity contribution in [1.29, 1.82) is 0 Å². The molecule has 0 spiro atoms. The highest BCUT2D eigenvalue weighted by molar-refractivity contribution is 5.69. The molecular weight excluding hydrogens is 264 g/mol. The second-order valence-corrected chi connectivity index (χ2v) is 5.26. The summed E-state index contributed by atoms with van der Waals surface area (Å²) >= 11 is 0. The second-order valence-electron chi connectivity index (χ2n) is 5.26. The van der Waals surface area contributed by atoms with Gasteiger partial charge in [0.1, 0.15) is 17.8 Å². The predicted octanol–water partition coefficient (Wildman–Crippen LogP) is 3.40. The van der Waals surface area contributed by atoms with Crippen LogP contribution >= 0.6 is 0 Å². The van der Waals surface area contributed by atoms with Crippen LogP contribution in [0.5, 0.6) is 11.5 Å². The van der Waals surface area contributed by atoms with Crippen molar-refractivity contribution in [2.24, 2.45) is 0 Å². The fourth-order valence-electron chi connectivity index (χ4n) is 2.43. The molecule has 0 aliphatic heterocycles. The Balaban J connectivity index is 2.39. The quantitative estimate of drug-likeness (QED) is 0.763. The van der Waals surface area contributed by atoms with Gasteiger partial charge in [0.25, 0.3) is 0 Å². The lowest BCUT2D eigenvalue weighted by atomic mass is 9.78. The van der Waals surface area contributed by atoms with Crippen molar-refractivity contribution in [2.45, 2.75) is 18.8 Å². The van der Waals surface area contributed by atoms with E-state index in [4.69, 9.17) is 9.47 Å². The normalized spacial score (nSPS) is 13.3. The van der Waals surface area contributed by atoms with Gasteiger partial charge in [0.15, 0.2) is 0 Å². The Hall–Kier alpha value is -2.29. The molecule has 2 aromatic carbocycles.